The summed E-state index contributed by atoms with van der Waals surface area (Å²) in [4.78, 5) is 30.2. The minimum atomic E-state index is -0.307. The lowest BCUT2D eigenvalue weighted by atomic mass is 10.2. The molecule has 6 nitrogen and oxygen atoms in total. The van der Waals surface area contributed by atoms with Crippen LogP contribution >= 0.6 is 23.4 Å². The molecule has 1 aromatic heterocycles. The second-order valence-electron chi connectivity index (χ2n) is 7.02. The number of hydrogen-bond donors (Lipinski definition) is 1. The first-order valence-electron chi connectivity index (χ1n) is 9.80. The molecule has 3 aromatic carbocycles. The first-order valence-corrected chi connectivity index (χ1v) is 11.2. The number of hydrogen-bond acceptors (Lipinski definition) is 5. The van der Waals surface area contributed by atoms with Crippen molar-refractivity contribution in [2.24, 2.45) is 5.10 Å². The molecule has 0 saturated heterocycles. The van der Waals surface area contributed by atoms with Gasteiger partial charge in [-0.2, -0.15) is 5.10 Å². The van der Waals surface area contributed by atoms with Crippen molar-refractivity contribution in [2.45, 2.75) is 12.1 Å². The Bertz CT molecular complexity index is 1350. The van der Waals surface area contributed by atoms with Crippen molar-refractivity contribution in [1.29, 1.82) is 0 Å². The molecule has 0 saturated carbocycles. The van der Waals surface area contributed by atoms with Crippen LogP contribution < -0.4 is 11.0 Å². The van der Waals surface area contributed by atoms with Crippen LogP contribution in [0.15, 0.2) is 87.8 Å². The van der Waals surface area contributed by atoms with Crippen LogP contribution in [0.2, 0.25) is 5.02 Å². The molecule has 1 amide bonds. The normalized spacial score (nSPS) is 11.2. The molecule has 0 aliphatic carbocycles. The summed E-state index contributed by atoms with van der Waals surface area (Å²) in [7, 11) is 0. The smallest absolute Gasteiger partial charge is 0.266 e. The molecular formula is C24H19ClN4O2S. The maximum Gasteiger partial charge on any atom is 0.266 e. The zero-order valence-corrected chi connectivity index (χ0v) is 18.7. The van der Waals surface area contributed by atoms with Crippen molar-refractivity contribution < 1.29 is 4.79 Å². The molecule has 0 spiro atoms. The molecule has 8 heteroatoms. The Morgan fingerprint density at radius 1 is 1.09 bits per heavy atom. The van der Waals surface area contributed by atoms with E-state index < -0.39 is 0 Å². The first-order chi connectivity index (χ1) is 15.5. The average molecular weight is 463 g/mol. The molecule has 160 valence electrons. The molecule has 1 N–H and O–H groups in total. The van der Waals surface area contributed by atoms with Crippen molar-refractivity contribution in [1.82, 2.24) is 15.0 Å². The summed E-state index contributed by atoms with van der Waals surface area (Å²) in [5, 5.41) is 5.56. The third-order valence-corrected chi connectivity index (χ3v) is 5.83. The summed E-state index contributed by atoms with van der Waals surface area (Å²) in [6, 6.07) is 21.9. The van der Waals surface area contributed by atoms with Gasteiger partial charge in [0.1, 0.15) is 0 Å². The lowest BCUT2D eigenvalue weighted by Gasteiger charge is -2.13. The first kappa shape index (κ1) is 21.8. The highest BCUT2D eigenvalue weighted by Crippen LogP contribution is 2.21. The summed E-state index contributed by atoms with van der Waals surface area (Å²) in [5.74, 6) is -0.257. The van der Waals surface area contributed by atoms with Crippen molar-refractivity contribution in [3.63, 3.8) is 0 Å². The van der Waals surface area contributed by atoms with Crippen LogP contribution in [-0.4, -0.2) is 27.4 Å². The molecule has 0 radical (unpaired) electrons. The maximum absolute atomic E-state index is 13.2. The fourth-order valence-electron chi connectivity index (χ4n) is 3.02. The number of nitrogens with one attached hydrogen (secondary N) is 1. The monoisotopic (exact) mass is 462 g/mol. The summed E-state index contributed by atoms with van der Waals surface area (Å²) in [6.45, 7) is 1.98. The Morgan fingerprint density at radius 2 is 1.81 bits per heavy atom. The van der Waals surface area contributed by atoms with Gasteiger partial charge in [0.25, 0.3) is 11.5 Å². The minimum absolute atomic E-state index is 0.0502. The van der Waals surface area contributed by atoms with Gasteiger partial charge in [0.15, 0.2) is 5.16 Å². The standard InChI is InChI=1S/C24H19ClN4O2S/c1-16-6-12-19(13-7-16)29-23(31)20-4-2-3-5-21(20)27-24(29)32-15-22(30)28-26-14-17-8-10-18(25)11-9-17/h2-14H,15H2,1H3,(H,28,30). The molecule has 0 aliphatic rings. The Labute approximate surface area is 194 Å². The number of carbonyl (C=O) groups is 1. The van der Waals surface area contributed by atoms with Crippen LogP contribution in [0.1, 0.15) is 11.1 Å². The summed E-state index contributed by atoms with van der Waals surface area (Å²) >= 11 is 7.04. The predicted octanol–water partition coefficient (Wildman–Crippen LogP) is 4.59. The number of aromatic nitrogens is 2. The van der Waals surface area contributed by atoms with Crippen LogP contribution in [0.5, 0.6) is 0 Å². The van der Waals surface area contributed by atoms with Crippen molar-refractivity contribution in [2.75, 3.05) is 5.75 Å². The molecular weight excluding hydrogens is 444 g/mol. The van der Waals surface area contributed by atoms with E-state index in [9.17, 15) is 9.59 Å². The van der Waals surface area contributed by atoms with E-state index in [2.05, 4.69) is 15.5 Å². The third-order valence-electron chi connectivity index (χ3n) is 4.64. The van der Waals surface area contributed by atoms with Gasteiger partial charge in [0, 0.05) is 5.02 Å². The highest BCUT2D eigenvalue weighted by molar-refractivity contribution is 7.99. The number of rotatable bonds is 6. The van der Waals surface area contributed by atoms with E-state index in [1.54, 1.807) is 36.4 Å². The molecule has 0 atom stereocenters. The van der Waals surface area contributed by atoms with E-state index >= 15 is 0 Å². The molecule has 0 aliphatic heterocycles. The van der Waals surface area contributed by atoms with Gasteiger partial charge in [0.05, 0.1) is 28.6 Å². The largest absolute Gasteiger partial charge is 0.272 e. The second-order valence-corrected chi connectivity index (χ2v) is 8.40. The summed E-state index contributed by atoms with van der Waals surface area (Å²) in [6.07, 6.45) is 1.54. The predicted molar refractivity (Wildman–Crippen MR) is 130 cm³/mol. The van der Waals surface area contributed by atoms with Gasteiger partial charge in [0.2, 0.25) is 0 Å². The van der Waals surface area contributed by atoms with Gasteiger partial charge in [-0.25, -0.2) is 10.4 Å². The number of nitrogens with zero attached hydrogens (tertiary/aromatic N) is 3. The van der Waals surface area contributed by atoms with Gasteiger partial charge >= 0.3 is 0 Å². The van der Waals surface area contributed by atoms with E-state index in [1.165, 1.54) is 22.5 Å². The number of fused-ring (bicyclic) bond motifs is 1. The lowest BCUT2D eigenvalue weighted by Crippen LogP contribution is -2.24. The number of hydrazone groups is 1. The molecule has 4 aromatic rings. The number of thioether (sulfide) groups is 1. The Kier molecular flexibility index (Phi) is 6.68. The molecule has 1 heterocycles. The summed E-state index contributed by atoms with van der Waals surface area (Å²) in [5.41, 5.74) is 5.50. The average Bonchev–Trinajstić information content (AvgIpc) is 2.80. The van der Waals surface area contributed by atoms with Crippen molar-refractivity contribution in [3.05, 3.63) is 99.3 Å². The SMILES string of the molecule is Cc1ccc(-n2c(SCC(=O)NN=Cc3ccc(Cl)cc3)nc3ccccc3c2=O)cc1. The van der Waals surface area contributed by atoms with Crippen LogP contribution in [0.3, 0.4) is 0 Å². The highest BCUT2D eigenvalue weighted by Gasteiger charge is 2.14. The molecule has 0 unspecified atom stereocenters. The summed E-state index contributed by atoms with van der Waals surface area (Å²) < 4.78 is 1.54. The number of carbonyl (C=O) groups excluding carboxylic acids is 1. The third kappa shape index (κ3) is 5.07. The van der Waals surface area contributed by atoms with Crippen LogP contribution in [0.25, 0.3) is 16.6 Å². The fraction of sp³-hybridized carbons (Fsp3) is 0.0833. The fourth-order valence-corrected chi connectivity index (χ4v) is 3.95. The number of amides is 1. The van der Waals surface area contributed by atoms with Crippen LogP contribution in [0.4, 0.5) is 0 Å². The molecule has 0 fully saturated rings. The number of aryl methyl sites for hydroxylation is 1. The van der Waals surface area contributed by atoms with Gasteiger partial charge < -0.3 is 0 Å². The molecule has 0 bridgehead atoms. The highest BCUT2D eigenvalue weighted by atomic mass is 35.5. The van der Waals surface area contributed by atoms with E-state index in [4.69, 9.17) is 11.6 Å². The van der Waals surface area contributed by atoms with E-state index in [0.29, 0.717) is 26.8 Å². The van der Waals surface area contributed by atoms with Crippen molar-refractivity contribution in [3.8, 4) is 5.69 Å². The second kappa shape index (κ2) is 9.80. The lowest BCUT2D eigenvalue weighted by molar-refractivity contribution is -0.118. The quantitative estimate of drug-likeness (QED) is 0.197. The van der Waals surface area contributed by atoms with Gasteiger partial charge in [-0.05, 0) is 48.9 Å². The molecule has 32 heavy (non-hydrogen) atoms. The number of halogens is 1. The Morgan fingerprint density at radius 3 is 2.56 bits per heavy atom. The number of benzene rings is 3. The maximum atomic E-state index is 13.2. The Hall–Kier alpha value is -3.42. The van der Waals surface area contributed by atoms with Gasteiger partial charge in [-0.3, -0.25) is 14.2 Å². The van der Waals surface area contributed by atoms with E-state index in [1.807, 2.05) is 43.3 Å². The van der Waals surface area contributed by atoms with Crippen LogP contribution in [0, 0.1) is 6.92 Å². The van der Waals surface area contributed by atoms with E-state index in [-0.39, 0.29) is 17.2 Å². The van der Waals surface area contributed by atoms with Crippen LogP contribution in [-0.2, 0) is 4.79 Å². The topological polar surface area (TPSA) is 76.3 Å². The van der Waals surface area contributed by atoms with Gasteiger partial charge in [-0.1, -0.05) is 65.3 Å². The molecule has 4 rings (SSSR count). The van der Waals surface area contributed by atoms with Crippen molar-refractivity contribution >= 4 is 46.4 Å². The van der Waals surface area contributed by atoms with Gasteiger partial charge in [-0.15, -0.1) is 0 Å². The zero-order valence-electron chi connectivity index (χ0n) is 17.2. The van der Waals surface area contributed by atoms with E-state index in [0.717, 1.165) is 11.1 Å². The number of para-hydroxylation sites is 1. The Balaban J connectivity index is 1.56. The zero-order chi connectivity index (χ0) is 22.5. The minimum Gasteiger partial charge on any atom is -0.272 e.